The molecule has 2 aromatic rings. The summed E-state index contributed by atoms with van der Waals surface area (Å²) in [5.74, 6) is -0.895. The van der Waals surface area contributed by atoms with Crippen LogP contribution in [0.4, 0.5) is 5.69 Å². The molecular formula is C22H23ClN4O5S. The third-order valence-corrected chi connectivity index (χ3v) is 6.85. The average molecular weight is 491 g/mol. The number of hydrogen-bond donors (Lipinski definition) is 2. The number of benzene rings is 1. The van der Waals surface area contributed by atoms with Gasteiger partial charge in [-0.2, -0.15) is 0 Å². The Morgan fingerprint density at radius 2 is 1.70 bits per heavy atom. The van der Waals surface area contributed by atoms with Crippen LogP contribution in [0.1, 0.15) is 27.0 Å². The van der Waals surface area contributed by atoms with Gasteiger partial charge in [0.25, 0.3) is 17.7 Å². The number of rotatable bonds is 5. The van der Waals surface area contributed by atoms with Crippen LogP contribution in [0.5, 0.6) is 0 Å². The number of thiophene rings is 1. The van der Waals surface area contributed by atoms with Crippen molar-refractivity contribution in [3.8, 4) is 0 Å². The van der Waals surface area contributed by atoms with E-state index in [-0.39, 0.29) is 36.8 Å². The van der Waals surface area contributed by atoms with E-state index in [0.717, 1.165) is 11.3 Å². The number of hydrogen-bond acceptors (Lipinski definition) is 6. The molecule has 0 saturated carbocycles. The Morgan fingerprint density at radius 1 is 1.03 bits per heavy atom. The Hall–Kier alpha value is -2.95. The Bertz CT molecular complexity index is 1070. The molecule has 2 N–H and O–H groups in total. The van der Waals surface area contributed by atoms with Gasteiger partial charge in [0.2, 0.25) is 5.91 Å². The summed E-state index contributed by atoms with van der Waals surface area (Å²) in [6.07, 6.45) is 0. The van der Waals surface area contributed by atoms with Crippen molar-refractivity contribution >= 4 is 52.3 Å². The molecule has 11 heteroatoms. The predicted octanol–water partition coefficient (Wildman–Crippen LogP) is 1.52. The zero-order valence-electron chi connectivity index (χ0n) is 17.9. The Labute approximate surface area is 199 Å². The van der Waals surface area contributed by atoms with Gasteiger partial charge in [-0.05, 0) is 36.4 Å². The Kier molecular flexibility index (Phi) is 6.96. The SMILES string of the molecule is CC(=O)N1C[C@@H](NC(=O)c2ccc(N3CCOCC3=O)cc2)[C@H](NC(=O)c2ccc(Cl)s2)C1. The molecule has 33 heavy (non-hydrogen) atoms. The van der Waals surface area contributed by atoms with E-state index in [2.05, 4.69) is 10.6 Å². The summed E-state index contributed by atoms with van der Waals surface area (Å²) < 4.78 is 5.65. The summed E-state index contributed by atoms with van der Waals surface area (Å²) >= 11 is 7.08. The lowest BCUT2D eigenvalue weighted by Gasteiger charge is -2.27. The van der Waals surface area contributed by atoms with Gasteiger partial charge in [-0.15, -0.1) is 11.3 Å². The largest absolute Gasteiger partial charge is 0.370 e. The molecule has 2 atom stereocenters. The minimum Gasteiger partial charge on any atom is -0.370 e. The zero-order chi connectivity index (χ0) is 23.5. The maximum atomic E-state index is 12.9. The highest BCUT2D eigenvalue weighted by Gasteiger charge is 2.36. The highest BCUT2D eigenvalue weighted by molar-refractivity contribution is 7.18. The van der Waals surface area contributed by atoms with Crippen LogP contribution in [0.25, 0.3) is 0 Å². The summed E-state index contributed by atoms with van der Waals surface area (Å²) in [4.78, 5) is 53.1. The number of likely N-dealkylation sites (tertiary alicyclic amines) is 1. The minimum atomic E-state index is -0.457. The highest BCUT2D eigenvalue weighted by Crippen LogP contribution is 2.22. The molecule has 2 fully saturated rings. The zero-order valence-corrected chi connectivity index (χ0v) is 19.4. The van der Waals surface area contributed by atoms with Gasteiger partial charge < -0.3 is 25.2 Å². The first-order valence-corrected chi connectivity index (χ1v) is 11.6. The van der Waals surface area contributed by atoms with Crippen LogP contribution in [0.15, 0.2) is 36.4 Å². The summed E-state index contributed by atoms with van der Waals surface area (Å²) in [6.45, 7) is 3.01. The average Bonchev–Trinajstić information content (AvgIpc) is 3.41. The van der Waals surface area contributed by atoms with E-state index in [1.807, 2.05) is 0 Å². The number of ether oxygens (including phenoxy) is 1. The predicted molar refractivity (Wildman–Crippen MR) is 124 cm³/mol. The van der Waals surface area contributed by atoms with E-state index < -0.39 is 12.1 Å². The van der Waals surface area contributed by atoms with Crippen LogP contribution >= 0.6 is 22.9 Å². The van der Waals surface area contributed by atoms with Crippen molar-refractivity contribution in [2.45, 2.75) is 19.0 Å². The van der Waals surface area contributed by atoms with E-state index in [4.69, 9.17) is 16.3 Å². The second-order valence-corrected chi connectivity index (χ2v) is 9.55. The first-order chi connectivity index (χ1) is 15.8. The van der Waals surface area contributed by atoms with Crippen LogP contribution < -0.4 is 15.5 Å². The molecule has 1 aromatic heterocycles. The van der Waals surface area contributed by atoms with Gasteiger partial charge in [0.15, 0.2) is 0 Å². The Morgan fingerprint density at radius 3 is 2.27 bits per heavy atom. The van der Waals surface area contributed by atoms with Gasteiger partial charge in [-0.3, -0.25) is 19.2 Å². The number of anilines is 1. The first kappa shape index (κ1) is 23.2. The van der Waals surface area contributed by atoms with Gasteiger partial charge >= 0.3 is 0 Å². The van der Waals surface area contributed by atoms with Crippen LogP contribution in [-0.2, 0) is 14.3 Å². The molecule has 4 amide bonds. The molecule has 0 spiro atoms. The second kappa shape index (κ2) is 9.90. The van der Waals surface area contributed by atoms with Crippen molar-refractivity contribution in [3.63, 3.8) is 0 Å². The molecule has 0 unspecified atom stereocenters. The topological polar surface area (TPSA) is 108 Å². The number of carbonyl (C=O) groups excluding carboxylic acids is 4. The number of nitrogens with zero attached hydrogens (tertiary/aromatic N) is 2. The monoisotopic (exact) mass is 490 g/mol. The second-order valence-electron chi connectivity index (χ2n) is 7.83. The summed E-state index contributed by atoms with van der Waals surface area (Å²) in [7, 11) is 0. The standard InChI is InChI=1S/C22H23ClN4O5S/c1-13(28)26-10-16(17(11-26)25-22(31)18-6-7-19(23)33-18)24-21(30)14-2-4-15(5-3-14)27-8-9-32-12-20(27)29/h2-7,16-17H,8-12H2,1H3,(H,24,30)(H,25,31)/t16-,17-/m1/s1. The van der Waals surface area contributed by atoms with Crippen molar-refractivity contribution in [2.24, 2.45) is 0 Å². The summed E-state index contributed by atoms with van der Waals surface area (Å²) in [5, 5.41) is 5.83. The van der Waals surface area contributed by atoms with E-state index in [1.165, 1.54) is 6.92 Å². The van der Waals surface area contributed by atoms with Crippen molar-refractivity contribution < 1.29 is 23.9 Å². The highest BCUT2D eigenvalue weighted by atomic mass is 35.5. The van der Waals surface area contributed by atoms with Crippen molar-refractivity contribution in [3.05, 3.63) is 51.2 Å². The quantitative estimate of drug-likeness (QED) is 0.660. The van der Waals surface area contributed by atoms with E-state index in [0.29, 0.717) is 40.2 Å². The molecule has 9 nitrogen and oxygen atoms in total. The fourth-order valence-corrected chi connectivity index (χ4v) is 4.81. The normalized spacial score (nSPS) is 20.6. The van der Waals surface area contributed by atoms with E-state index >= 15 is 0 Å². The van der Waals surface area contributed by atoms with Crippen molar-refractivity contribution in [1.82, 2.24) is 15.5 Å². The van der Waals surface area contributed by atoms with Gasteiger partial charge in [0.05, 0.1) is 27.9 Å². The van der Waals surface area contributed by atoms with Gasteiger partial charge in [0.1, 0.15) is 6.61 Å². The van der Waals surface area contributed by atoms with Gasteiger partial charge in [0, 0.05) is 37.8 Å². The van der Waals surface area contributed by atoms with E-state index in [9.17, 15) is 19.2 Å². The molecule has 2 aliphatic heterocycles. The lowest BCUT2D eigenvalue weighted by atomic mass is 10.1. The maximum absolute atomic E-state index is 12.9. The Balaban J connectivity index is 1.43. The van der Waals surface area contributed by atoms with Crippen molar-refractivity contribution in [1.29, 1.82) is 0 Å². The fourth-order valence-electron chi connectivity index (χ4n) is 3.86. The lowest BCUT2D eigenvalue weighted by molar-refractivity contribution is -0.128. The van der Waals surface area contributed by atoms with Crippen molar-refractivity contribution in [2.75, 3.05) is 37.7 Å². The van der Waals surface area contributed by atoms with Crippen LogP contribution in [-0.4, -0.2) is 73.5 Å². The minimum absolute atomic E-state index is 0.0430. The number of halogens is 1. The van der Waals surface area contributed by atoms with E-state index in [1.54, 1.807) is 46.2 Å². The lowest BCUT2D eigenvalue weighted by Crippen LogP contribution is -2.50. The van der Waals surface area contributed by atoms with Crippen LogP contribution in [0.3, 0.4) is 0 Å². The van der Waals surface area contributed by atoms with Crippen LogP contribution in [0, 0.1) is 0 Å². The molecule has 2 aliphatic rings. The molecule has 1 aromatic carbocycles. The molecular weight excluding hydrogens is 468 g/mol. The van der Waals surface area contributed by atoms with Gasteiger partial charge in [-0.25, -0.2) is 0 Å². The smallest absolute Gasteiger partial charge is 0.261 e. The molecule has 3 heterocycles. The van der Waals surface area contributed by atoms with Gasteiger partial charge in [-0.1, -0.05) is 11.6 Å². The number of morpholine rings is 1. The molecule has 0 aliphatic carbocycles. The van der Waals surface area contributed by atoms with Crippen LogP contribution in [0.2, 0.25) is 4.34 Å². The molecule has 174 valence electrons. The number of amides is 4. The number of carbonyl (C=O) groups is 4. The summed E-state index contributed by atoms with van der Waals surface area (Å²) in [6, 6.07) is 9.10. The first-order valence-electron chi connectivity index (χ1n) is 10.4. The molecule has 0 radical (unpaired) electrons. The number of nitrogens with one attached hydrogen (secondary N) is 2. The third-order valence-electron chi connectivity index (χ3n) is 5.62. The fraction of sp³-hybridized carbons (Fsp3) is 0.364. The maximum Gasteiger partial charge on any atom is 0.261 e. The molecule has 4 rings (SSSR count). The molecule has 0 bridgehead atoms. The summed E-state index contributed by atoms with van der Waals surface area (Å²) in [5.41, 5.74) is 1.11. The molecule has 2 saturated heterocycles. The third kappa shape index (κ3) is 5.35.